The molecule has 0 saturated carbocycles. The highest BCUT2D eigenvalue weighted by Crippen LogP contribution is 2.07. The van der Waals surface area contributed by atoms with Crippen LogP contribution in [0, 0.1) is 0 Å². The molecule has 1 rings (SSSR count). The van der Waals surface area contributed by atoms with Gasteiger partial charge in [-0.3, -0.25) is 14.4 Å². The molecule has 1 aromatic heterocycles. The SMILES string of the molecule is C[C@@H](NC(=O)CNC(=O)c1cccs1)C(=O)O. The summed E-state index contributed by atoms with van der Waals surface area (Å²) in [5.74, 6) is -2.01. The Morgan fingerprint density at radius 1 is 1.47 bits per heavy atom. The number of carboxylic acid groups (broad SMARTS) is 1. The van der Waals surface area contributed by atoms with Gasteiger partial charge in [-0.25, -0.2) is 0 Å². The molecule has 0 aliphatic heterocycles. The fourth-order valence-electron chi connectivity index (χ4n) is 1.01. The molecule has 3 N–H and O–H groups in total. The molecule has 0 bridgehead atoms. The second-order valence-corrected chi connectivity index (χ2v) is 4.24. The summed E-state index contributed by atoms with van der Waals surface area (Å²) in [6.45, 7) is 1.11. The summed E-state index contributed by atoms with van der Waals surface area (Å²) in [6.07, 6.45) is 0. The Morgan fingerprint density at radius 3 is 2.71 bits per heavy atom. The zero-order chi connectivity index (χ0) is 12.8. The Hall–Kier alpha value is -1.89. The normalized spacial score (nSPS) is 11.6. The maximum Gasteiger partial charge on any atom is 0.325 e. The van der Waals surface area contributed by atoms with E-state index in [1.807, 2.05) is 0 Å². The van der Waals surface area contributed by atoms with Crippen molar-refractivity contribution >= 4 is 29.1 Å². The Morgan fingerprint density at radius 2 is 2.18 bits per heavy atom. The van der Waals surface area contributed by atoms with Crippen LogP contribution in [0.1, 0.15) is 16.6 Å². The van der Waals surface area contributed by atoms with Crippen molar-refractivity contribution < 1.29 is 19.5 Å². The molecule has 0 aliphatic rings. The summed E-state index contributed by atoms with van der Waals surface area (Å²) in [5, 5.41) is 14.9. The van der Waals surface area contributed by atoms with E-state index in [-0.39, 0.29) is 12.5 Å². The van der Waals surface area contributed by atoms with Crippen LogP contribution in [0.5, 0.6) is 0 Å². The van der Waals surface area contributed by atoms with Crippen LogP contribution < -0.4 is 10.6 Å². The first-order valence-electron chi connectivity index (χ1n) is 4.84. The standard InChI is InChI=1S/C10H12N2O4S/c1-6(10(15)16)12-8(13)5-11-9(14)7-3-2-4-17-7/h2-4,6H,5H2,1H3,(H,11,14)(H,12,13)(H,15,16)/t6-/m1/s1. The first kappa shape index (κ1) is 13.2. The molecule has 6 nitrogen and oxygen atoms in total. The minimum atomic E-state index is -1.12. The fraction of sp³-hybridized carbons (Fsp3) is 0.300. The monoisotopic (exact) mass is 256 g/mol. The summed E-state index contributed by atoms with van der Waals surface area (Å²) in [7, 11) is 0. The second-order valence-electron chi connectivity index (χ2n) is 3.29. The number of carboxylic acids is 1. The third-order valence-corrected chi connectivity index (χ3v) is 2.77. The third-order valence-electron chi connectivity index (χ3n) is 1.90. The van der Waals surface area contributed by atoms with E-state index >= 15 is 0 Å². The van der Waals surface area contributed by atoms with Gasteiger partial charge in [-0.05, 0) is 18.4 Å². The van der Waals surface area contributed by atoms with Gasteiger partial charge in [0.05, 0.1) is 11.4 Å². The van der Waals surface area contributed by atoms with E-state index in [2.05, 4.69) is 10.6 Å². The summed E-state index contributed by atoms with van der Waals surface area (Å²) < 4.78 is 0. The minimum Gasteiger partial charge on any atom is -0.480 e. The van der Waals surface area contributed by atoms with Gasteiger partial charge in [0, 0.05) is 0 Å². The van der Waals surface area contributed by atoms with E-state index in [4.69, 9.17) is 5.11 Å². The van der Waals surface area contributed by atoms with Gasteiger partial charge in [-0.1, -0.05) is 6.07 Å². The molecule has 1 heterocycles. The number of amides is 2. The first-order chi connectivity index (χ1) is 8.00. The average Bonchev–Trinajstić information content (AvgIpc) is 2.79. The highest BCUT2D eigenvalue weighted by Gasteiger charge is 2.14. The van der Waals surface area contributed by atoms with Gasteiger partial charge in [0.2, 0.25) is 5.91 Å². The van der Waals surface area contributed by atoms with Crippen LogP contribution in [0.25, 0.3) is 0 Å². The largest absolute Gasteiger partial charge is 0.480 e. The lowest BCUT2D eigenvalue weighted by Crippen LogP contribution is -2.43. The Bertz CT molecular complexity index is 416. The number of hydrogen-bond acceptors (Lipinski definition) is 4. The highest BCUT2D eigenvalue weighted by atomic mass is 32.1. The van der Waals surface area contributed by atoms with E-state index in [0.717, 1.165) is 0 Å². The summed E-state index contributed by atoms with van der Waals surface area (Å²) in [5.41, 5.74) is 0. The van der Waals surface area contributed by atoms with E-state index in [1.165, 1.54) is 18.3 Å². The number of hydrogen-bond donors (Lipinski definition) is 3. The van der Waals surface area contributed by atoms with Crippen molar-refractivity contribution in [1.82, 2.24) is 10.6 Å². The molecular formula is C10H12N2O4S. The Balaban J connectivity index is 2.34. The molecule has 0 fully saturated rings. The van der Waals surface area contributed by atoms with E-state index in [1.54, 1.807) is 17.5 Å². The fourth-order valence-corrected chi connectivity index (χ4v) is 1.65. The lowest BCUT2D eigenvalue weighted by atomic mass is 10.3. The zero-order valence-corrected chi connectivity index (χ0v) is 9.91. The number of nitrogens with one attached hydrogen (secondary N) is 2. The molecule has 1 aromatic rings. The van der Waals surface area contributed by atoms with Crippen molar-refractivity contribution in [2.75, 3.05) is 6.54 Å². The molecule has 0 aliphatic carbocycles. The molecule has 7 heteroatoms. The van der Waals surface area contributed by atoms with Crippen molar-refractivity contribution in [3.05, 3.63) is 22.4 Å². The van der Waals surface area contributed by atoms with Crippen LogP contribution in [-0.4, -0.2) is 35.5 Å². The van der Waals surface area contributed by atoms with Gasteiger partial charge in [-0.15, -0.1) is 11.3 Å². The average molecular weight is 256 g/mol. The smallest absolute Gasteiger partial charge is 0.325 e. The molecule has 0 aromatic carbocycles. The van der Waals surface area contributed by atoms with Crippen molar-refractivity contribution in [2.24, 2.45) is 0 Å². The molecule has 0 saturated heterocycles. The van der Waals surface area contributed by atoms with Gasteiger partial charge in [0.1, 0.15) is 6.04 Å². The lowest BCUT2D eigenvalue weighted by molar-refractivity contribution is -0.141. The number of rotatable bonds is 5. The van der Waals surface area contributed by atoms with Crippen molar-refractivity contribution in [1.29, 1.82) is 0 Å². The van der Waals surface area contributed by atoms with Crippen molar-refractivity contribution in [2.45, 2.75) is 13.0 Å². The van der Waals surface area contributed by atoms with Crippen molar-refractivity contribution in [3.8, 4) is 0 Å². The minimum absolute atomic E-state index is 0.242. The quantitative estimate of drug-likeness (QED) is 0.694. The molecule has 17 heavy (non-hydrogen) atoms. The molecular weight excluding hydrogens is 244 g/mol. The van der Waals surface area contributed by atoms with Gasteiger partial charge in [0.25, 0.3) is 5.91 Å². The van der Waals surface area contributed by atoms with Crippen LogP contribution in [0.2, 0.25) is 0 Å². The van der Waals surface area contributed by atoms with Gasteiger partial charge >= 0.3 is 5.97 Å². The van der Waals surface area contributed by atoms with Crippen LogP contribution in [0.3, 0.4) is 0 Å². The van der Waals surface area contributed by atoms with Gasteiger partial charge in [-0.2, -0.15) is 0 Å². The zero-order valence-electron chi connectivity index (χ0n) is 9.10. The predicted octanol–water partition coefficient (Wildman–Crippen LogP) is 0.0672. The predicted molar refractivity (Wildman–Crippen MR) is 61.9 cm³/mol. The van der Waals surface area contributed by atoms with Gasteiger partial charge < -0.3 is 15.7 Å². The maximum atomic E-state index is 11.4. The van der Waals surface area contributed by atoms with Crippen LogP contribution in [0.15, 0.2) is 17.5 Å². The maximum absolute atomic E-state index is 11.4. The van der Waals surface area contributed by atoms with E-state index in [0.29, 0.717) is 4.88 Å². The topological polar surface area (TPSA) is 95.5 Å². The molecule has 0 spiro atoms. The number of carbonyl (C=O) groups excluding carboxylic acids is 2. The molecule has 1 atom stereocenters. The van der Waals surface area contributed by atoms with Crippen LogP contribution in [-0.2, 0) is 9.59 Å². The molecule has 92 valence electrons. The molecule has 0 radical (unpaired) electrons. The number of thiophene rings is 1. The summed E-state index contributed by atoms with van der Waals surface area (Å²) in [4.78, 5) is 33.6. The Kier molecular flexibility index (Phi) is 4.65. The van der Waals surface area contributed by atoms with Crippen LogP contribution in [0.4, 0.5) is 0 Å². The van der Waals surface area contributed by atoms with Gasteiger partial charge in [0.15, 0.2) is 0 Å². The summed E-state index contributed by atoms with van der Waals surface area (Å²) in [6, 6.07) is 2.39. The number of aliphatic carboxylic acids is 1. The second kappa shape index (κ2) is 6.00. The summed E-state index contributed by atoms with van der Waals surface area (Å²) >= 11 is 1.26. The molecule has 0 unspecified atom stereocenters. The van der Waals surface area contributed by atoms with Crippen molar-refractivity contribution in [3.63, 3.8) is 0 Å². The molecule has 2 amide bonds. The third kappa shape index (κ3) is 4.23. The van der Waals surface area contributed by atoms with E-state index in [9.17, 15) is 14.4 Å². The first-order valence-corrected chi connectivity index (χ1v) is 5.72. The van der Waals surface area contributed by atoms with Crippen LogP contribution >= 0.6 is 11.3 Å². The number of carbonyl (C=O) groups is 3. The van der Waals surface area contributed by atoms with E-state index < -0.39 is 17.9 Å². The lowest BCUT2D eigenvalue weighted by Gasteiger charge is -2.09. The Labute approximate surface area is 102 Å². The highest BCUT2D eigenvalue weighted by molar-refractivity contribution is 7.12.